The normalized spacial score (nSPS) is 29.1. The van der Waals surface area contributed by atoms with Gasteiger partial charge in [0.25, 0.3) is 0 Å². The summed E-state index contributed by atoms with van der Waals surface area (Å²) < 4.78 is 2.10. The zero-order valence-electron chi connectivity index (χ0n) is 7.98. The van der Waals surface area contributed by atoms with Crippen LogP contribution in [0.1, 0.15) is 37.5 Å². The van der Waals surface area contributed by atoms with Crippen molar-refractivity contribution >= 4 is 0 Å². The largest absolute Gasteiger partial charge is 0.391 e. The Morgan fingerprint density at radius 2 is 2.23 bits per heavy atom. The van der Waals surface area contributed by atoms with Gasteiger partial charge in [-0.3, -0.25) is 0 Å². The van der Waals surface area contributed by atoms with Gasteiger partial charge in [-0.15, -0.1) is 0 Å². The number of nitrogens with zero attached hydrogens (tertiary/aromatic N) is 2. The maximum atomic E-state index is 9.82. The van der Waals surface area contributed by atoms with Crippen LogP contribution >= 0.6 is 0 Å². The second-order valence-electron chi connectivity index (χ2n) is 3.80. The fourth-order valence-electron chi connectivity index (χ4n) is 2.15. The van der Waals surface area contributed by atoms with Crippen molar-refractivity contribution in [2.75, 3.05) is 0 Å². The molecule has 13 heavy (non-hydrogen) atoms. The van der Waals surface area contributed by atoms with Crippen LogP contribution in [0.3, 0.4) is 0 Å². The summed E-state index contributed by atoms with van der Waals surface area (Å²) in [7, 11) is 0. The molecule has 1 saturated carbocycles. The zero-order valence-corrected chi connectivity index (χ0v) is 7.98. The van der Waals surface area contributed by atoms with Crippen LogP contribution in [0.25, 0.3) is 0 Å². The van der Waals surface area contributed by atoms with E-state index in [1.54, 1.807) is 6.20 Å². The monoisotopic (exact) mass is 180 g/mol. The molecule has 72 valence electrons. The number of aromatic nitrogens is 2. The van der Waals surface area contributed by atoms with E-state index in [2.05, 4.69) is 9.55 Å². The lowest BCUT2D eigenvalue weighted by molar-refractivity contribution is 0.0744. The molecular weight excluding hydrogens is 164 g/mol. The SMILES string of the molecule is Cc1nccn1[C@H]1CCCC[C@@H]1O. The third-order valence-electron chi connectivity index (χ3n) is 2.91. The predicted octanol–water partition coefficient (Wildman–Crippen LogP) is 1.67. The Balaban J connectivity index is 2.19. The molecule has 0 amide bonds. The van der Waals surface area contributed by atoms with Gasteiger partial charge in [0.1, 0.15) is 5.82 Å². The van der Waals surface area contributed by atoms with Crippen molar-refractivity contribution in [3.8, 4) is 0 Å². The van der Waals surface area contributed by atoms with Crippen LogP contribution in [0.2, 0.25) is 0 Å². The molecule has 1 N–H and O–H groups in total. The van der Waals surface area contributed by atoms with Gasteiger partial charge in [-0.05, 0) is 19.8 Å². The summed E-state index contributed by atoms with van der Waals surface area (Å²) in [6, 6.07) is 0.260. The number of imidazole rings is 1. The third kappa shape index (κ3) is 1.61. The average Bonchev–Trinajstić information content (AvgIpc) is 2.52. The Hall–Kier alpha value is -0.830. The Morgan fingerprint density at radius 1 is 1.46 bits per heavy atom. The Bertz CT molecular complexity index is 282. The van der Waals surface area contributed by atoms with Gasteiger partial charge in [0.05, 0.1) is 12.1 Å². The van der Waals surface area contributed by atoms with Crippen molar-refractivity contribution in [1.82, 2.24) is 9.55 Å². The van der Waals surface area contributed by atoms with Crippen molar-refractivity contribution in [1.29, 1.82) is 0 Å². The summed E-state index contributed by atoms with van der Waals surface area (Å²) in [5, 5.41) is 9.82. The molecule has 1 aromatic heterocycles. The van der Waals surface area contributed by atoms with Gasteiger partial charge in [-0.25, -0.2) is 4.98 Å². The molecule has 0 aromatic carbocycles. The number of aliphatic hydroxyl groups excluding tert-OH is 1. The molecule has 3 heteroatoms. The fourth-order valence-corrected chi connectivity index (χ4v) is 2.15. The molecule has 1 fully saturated rings. The van der Waals surface area contributed by atoms with Crippen molar-refractivity contribution in [2.45, 2.75) is 44.8 Å². The summed E-state index contributed by atoms with van der Waals surface area (Å²) >= 11 is 0. The quantitative estimate of drug-likeness (QED) is 0.713. The predicted molar refractivity (Wildman–Crippen MR) is 50.5 cm³/mol. The number of hydrogen-bond acceptors (Lipinski definition) is 2. The highest BCUT2D eigenvalue weighted by Gasteiger charge is 2.24. The first-order chi connectivity index (χ1) is 6.29. The lowest BCUT2D eigenvalue weighted by Crippen LogP contribution is -2.27. The van der Waals surface area contributed by atoms with E-state index in [0.717, 1.165) is 25.1 Å². The van der Waals surface area contributed by atoms with E-state index in [0.29, 0.717) is 0 Å². The molecule has 3 nitrogen and oxygen atoms in total. The molecule has 1 heterocycles. The maximum absolute atomic E-state index is 9.82. The topological polar surface area (TPSA) is 38.0 Å². The molecule has 0 aliphatic heterocycles. The molecule has 0 spiro atoms. The van der Waals surface area contributed by atoms with Crippen LogP contribution in [-0.4, -0.2) is 20.8 Å². The van der Waals surface area contributed by atoms with E-state index in [1.807, 2.05) is 13.1 Å². The molecular formula is C10H16N2O. The first-order valence-corrected chi connectivity index (χ1v) is 4.96. The van der Waals surface area contributed by atoms with E-state index in [4.69, 9.17) is 0 Å². The van der Waals surface area contributed by atoms with Gasteiger partial charge in [-0.1, -0.05) is 12.8 Å². The maximum Gasteiger partial charge on any atom is 0.105 e. The standard InChI is InChI=1S/C10H16N2O/c1-8-11-6-7-12(8)9-4-2-3-5-10(9)13/h6-7,9-10,13H,2-5H2,1H3/t9-,10-/m0/s1. The van der Waals surface area contributed by atoms with Crippen molar-refractivity contribution in [2.24, 2.45) is 0 Å². The average molecular weight is 180 g/mol. The Morgan fingerprint density at radius 3 is 2.85 bits per heavy atom. The number of aliphatic hydroxyl groups is 1. The minimum absolute atomic E-state index is 0.179. The molecule has 0 saturated heterocycles. The molecule has 0 unspecified atom stereocenters. The van der Waals surface area contributed by atoms with Gasteiger partial charge < -0.3 is 9.67 Å². The summed E-state index contributed by atoms with van der Waals surface area (Å²) in [5.74, 6) is 1.01. The third-order valence-corrected chi connectivity index (χ3v) is 2.91. The molecule has 0 radical (unpaired) electrons. The summed E-state index contributed by atoms with van der Waals surface area (Å²) in [6.07, 6.45) is 7.98. The van der Waals surface area contributed by atoms with Crippen LogP contribution in [0.15, 0.2) is 12.4 Å². The lowest BCUT2D eigenvalue weighted by atomic mass is 9.92. The Kier molecular flexibility index (Phi) is 2.36. The lowest BCUT2D eigenvalue weighted by Gasteiger charge is -2.29. The molecule has 1 aliphatic carbocycles. The van der Waals surface area contributed by atoms with Gasteiger partial charge in [0.15, 0.2) is 0 Å². The zero-order chi connectivity index (χ0) is 9.26. The summed E-state index contributed by atoms with van der Waals surface area (Å²) in [5.41, 5.74) is 0. The van der Waals surface area contributed by atoms with E-state index < -0.39 is 0 Å². The van der Waals surface area contributed by atoms with Crippen LogP contribution in [0.5, 0.6) is 0 Å². The highest BCUT2D eigenvalue weighted by atomic mass is 16.3. The van der Waals surface area contributed by atoms with Gasteiger partial charge in [0.2, 0.25) is 0 Å². The molecule has 0 bridgehead atoms. The van der Waals surface area contributed by atoms with E-state index in [9.17, 15) is 5.11 Å². The molecule has 1 aliphatic rings. The minimum Gasteiger partial charge on any atom is -0.391 e. The van der Waals surface area contributed by atoms with Gasteiger partial charge in [0, 0.05) is 12.4 Å². The van der Waals surface area contributed by atoms with E-state index >= 15 is 0 Å². The molecule has 2 rings (SSSR count). The van der Waals surface area contributed by atoms with Crippen LogP contribution in [0.4, 0.5) is 0 Å². The van der Waals surface area contributed by atoms with Gasteiger partial charge >= 0.3 is 0 Å². The molecule has 2 atom stereocenters. The van der Waals surface area contributed by atoms with Crippen molar-refractivity contribution in [3.63, 3.8) is 0 Å². The fraction of sp³-hybridized carbons (Fsp3) is 0.700. The number of rotatable bonds is 1. The first kappa shape index (κ1) is 8.75. The second kappa shape index (κ2) is 3.50. The van der Waals surface area contributed by atoms with E-state index in [-0.39, 0.29) is 12.1 Å². The Labute approximate surface area is 78.4 Å². The van der Waals surface area contributed by atoms with E-state index in [1.165, 1.54) is 6.42 Å². The summed E-state index contributed by atoms with van der Waals surface area (Å²) in [6.45, 7) is 1.99. The van der Waals surface area contributed by atoms with Crippen LogP contribution in [0, 0.1) is 6.92 Å². The first-order valence-electron chi connectivity index (χ1n) is 4.96. The molecule has 1 aromatic rings. The number of aryl methyl sites for hydroxylation is 1. The summed E-state index contributed by atoms with van der Waals surface area (Å²) in [4.78, 5) is 4.18. The second-order valence-corrected chi connectivity index (χ2v) is 3.80. The van der Waals surface area contributed by atoms with Crippen molar-refractivity contribution in [3.05, 3.63) is 18.2 Å². The smallest absolute Gasteiger partial charge is 0.105 e. The minimum atomic E-state index is -0.179. The van der Waals surface area contributed by atoms with Crippen LogP contribution in [-0.2, 0) is 0 Å². The number of hydrogen-bond donors (Lipinski definition) is 1. The highest BCUT2D eigenvalue weighted by molar-refractivity contribution is 4.95. The highest BCUT2D eigenvalue weighted by Crippen LogP contribution is 2.29. The van der Waals surface area contributed by atoms with Crippen LogP contribution < -0.4 is 0 Å². The van der Waals surface area contributed by atoms with Gasteiger partial charge in [-0.2, -0.15) is 0 Å². The van der Waals surface area contributed by atoms with Crippen molar-refractivity contribution < 1.29 is 5.11 Å².